The highest BCUT2D eigenvalue weighted by atomic mass is 79.9. The molecule has 0 amide bonds. The van der Waals surface area contributed by atoms with Crippen LogP contribution in [0.2, 0.25) is 0 Å². The minimum Gasteiger partial charge on any atom is -0.394 e. The van der Waals surface area contributed by atoms with E-state index in [0.29, 0.717) is 0 Å². The lowest BCUT2D eigenvalue weighted by Crippen LogP contribution is -2.36. The van der Waals surface area contributed by atoms with E-state index >= 15 is 0 Å². The third kappa shape index (κ3) is 3.41. The number of hydrogen-bond donors (Lipinski definition) is 2. The van der Waals surface area contributed by atoms with Gasteiger partial charge < -0.3 is 10.4 Å². The normalized spacial score (nSPS) is 13.8. The fraction of sp³-hybridized carbons (Fsp3) is 0.294. The maximum Gasteiger partial charge on any atom is 0.0828 e. The van der Waals surface area contributed by atoms with Gasteiger partial charge in [0.25, 0.3) is 0 Å². The molecule has 0 heterocycles. The molecule has 0 spiro atoms. The van der Waals surface area contributed by atoms with Crippen LogP contribution < -0.4 is 5.32 Å². The number of anilines is 1. The Morgan fingerprint density at radius 3 is 2.10 bits per heavy atom. The molecule has 3 heteroatoms. The minimum atomic E-state index is -0.495. The van der Waals surface area contributed by atoms with Gasteiger partial charge in [0.15, 0.2) is 0 Å². The van der Waals surface area contributed by atoms with E-state index in [2.05, 4.69) is 53.3 Å². The highest BCUT2D eigenvalue weighted by Crippen LogP contribution is 2.28. The van der Waals surface area contributed by atoms with Crippen molar-refractivity contribution in [1.29, 1.82) is 0 Å². The lowest BCUT2D eigenvalue weighted by Gasteiger charge is -2.31. The first-order valence-corrected chi connectivity index (χ1v) is 7.46. The van der Waals surface area contributed by atoms with Gasteiger partial charge in [0.2, 0.25) is 0 Å². The summed E-state index contributed by atoms with van der Waals surface area (Å²) in [4.78, 5) is 0. The van der Waals surface area contributed by atoms with Crippen LogP contribution in [0.15, 0.2) is 46.9 Å². The second-order valence-electron chi connectivity index (χ2n) is 5.50. The number of benzene rings is 2. The Bertz CT molecular complexity index is 574. The standard InChI is InChI=1S/C17H20BrNO/c1-12-8-13(2)10-14(9-12)17(3,11-20)19-16-6-4-15(18)5-7-16/h4-10,19-20H,11H2,1-3H3. The highest BCUT2D eigenvalue weighted by molar-refractivity contribution is 9.10. The molecule has 0 bridgehead atoms. The van der Waals surface area contributed by atoms with Crippen LogP contribution in [-0.4, -0.2) is 11.7 Å². The second kappa shape index (κ2) is 5.98. The van der Waals surface area contributed by atoms with E-state index in [1.807, 2.05) is 31.2 Å². The number of hydrogen-bond acceptors (Lipinski definition) is 2. The van der Waals surface area contributed by atoms with E-state index in [0.717, 1.165) is 15.7 Å². The molecular formula is C17H20BrNO. The molecule has 2 rings (SSSR count). The van der Waals surface area contributed by atoms with E-state index in [9.17, 15) is 5.11 Å². The molecule has 1 unspecified atom stereocenters. The molecule has 0 saturated carbocycles. The van der Waals surface area contributed by atoms with Gasteiger partial charge in [-0.25, -0.2) is 0 Å². The van der Waals surface area contributed by atoms with Crippen LogP contribution in [0.1, 0.15) is 23.6 Å². The number of halogens is 1. The summed E-state index contributed by atoms with van der Waals surface area (Å²) in [7, 11) is 0. The Kier molecular flexibility index (Phi) is 4.51. The van der Waals surface area contributed by atoms with E-state index in [4.69, 9.17) is 0 Å². The zero-order chi connectivity index (χ0) is 14.8. The third-order valence-corrected chi connectivity index (χ3v) is 3.97. The molecule has 0 radical (unpaired) electrons. The fourth-order valence-electron chi connectivity index (χ4n) is 2.35. The number of aliphatic hydroxyl groups is 1. The fourth-order valence-corrected chi connectivity index (χ4v) is 2.61. The van der Waals surface area contributed by atoms with Crippen molar-refractivity contribution >= 4 is 21.6 Å². The van der Waals surface area contributed by atoms with E-state index in [1.54, 1.807) is 0 Å². The average Bonchev–Trinajstić information content (AvgIpc) is 2.40. The van der Waals surface area contributed by atoms with Crippen LogP contribution in [-0.2, 0) is 5.54 Å². The largest absolute Gasteiger partial charge is 0.394 e. The van der Waals surface area contributed by atoms with Crippen LogP contribution in [0.3, 0.4) is 0 Å². The SMILES string of the molecule is Cc1cc(C)cc(C(C)(CO)Nc2ccc(Br)cc2)c1. The minimum absolute atomic E-state index is 0.0337. The first-order valence-electron chi connectivity index (χ1n) is 6.66. The Balaban J connectivity index is 2.35. The molecule has 0 aliphatic rings. The quantitative estimate of drug-likeness (QED) is 0.869. The summed E-state index contributed by atoms with van der Waals surface area (Å²) >= 11 is 3.43. The Labute approximate surface area is 129 Å². The summed E-state index contributed by atoms with van der Waals surface area (Å²) in [6, 6.07) is 14.4. The lowest BCUT2D eigenvalue weighted by molar-refractivity contribution is 0.224. The van der Waals surface area contributed by atoms with Crippen molar-refractivity contribution in [2.45, 2.75) is 26.3 Å². The van der Waals surface area contributed by atoms with Gasteiger partial charge >= 0.3 is 0 Å². The Hall–Kier alpha value is -1.32. The molecule has 2 N–H and O–H groups in total. The third-order valence-electron chi connectivity index (χ3n) is 3.44. The lowest BCUT2D eigenvalue weighted by atomic mass is 9.90. The smallest absolute Gasteiger partial charge is 0.0828 e. The van der Waals surface area contributed by atoms with Crippen LogP contribution in [0.5, 0.6) is 0 Å². The Morgan fingerprint density at radius 1 is 1.05 bits per heavy atom. The van der Waals surface area contributed by atoms with Gasteiger partial charge in [0, 0.05) is 10.2 Å². The van der Waals surface area contributed by atoms with Gasteiger partial charge in [0.1, 0.15) is 0 Å². The van der Waals surface area contributed by atoms with Crippen LogP contribution in [0.25, 0.3) is 0 Å². The summed E-state index contributed by atoms with van der Waals surface area (Å²) in [5.41, 5.74) is 4.00. The van der Waals surface area contributed by atoms with Gasteiger partial charge in [0.05, 0.1) is 12.1 Å². The molecular weight excluding hydrogens is 314 g/mol. The van der Waals surface area contributed by atoms with Crippen molar-refractivity contribution < 1.29 is 5.11 Å². The molecule has 0 aliphatic carbocycles. The number of rotatable bonds is 4. The molecule has 20 heavy (non-hydrogen) atoms. The molecule has 0 aromatic heterocycles. The van der Waals surface area contributed by atoms with Gasteiger partial charge in [-0.15, -0.1) is 0 Å². The maximum atomic E-state index is 9.86. The maximum absolute atomic E-state index is 9.86. The zero-order valence-electron chi connectivity index (χ0n) is 12.1. The predicted octanol–water partition coefficient (Wildman–Crippen LogP) is 4.39. The van der Waals surface area contributed by atoms with Crippen molar-refractivity contribution in [3.63, 3.8) is 0 Å². The molecule has 2 aromatic rings. The molecule has 0 saturated heterocycles. The monoisotopic (exact) mass is 333 g/mol. The molecule has 0 aliphatic heterocycles. The van der Waals surface area contributed by atoms with E-state index in [1.165, 1.54) is 11.1 Å². The van der Waals surface area contributed by atoms with Crippen LogP contribution in [0.4, 0.5) is 5.69 Å². The van der Waals surface area contributed by atoms with E-state index in [-0.39, 0.29) is 6.61 Å². The van der Waals surface area contributed by atoms with Crippen molar-refractivity contribution in [1.82, 2.24) is 0 Å². The van der Waals surface area contributed by atoms with Crippen LogP contribution >= 0.6 is 15.9 Å². The first kappa shape index (κ1) is 15.1. The number of aliphatic hydroxyl groups excluding tert-OH is 1. The zero-order valence-corrected chi connectivity index (χ0v) is 13.7. The average molecular weight is 334 g/mol. The van der Waals surface area contributed by atoms with Gasteiger partial charge in [-0.2, -0.15) is 0 Å². The topological polar surface area (TPSA) is 32.3 Å². The molecule has 0 fully saturated rings. The molecule has 2 aromatic carbocycles. The van der Waals surface area contributed by atoms with Gasteiger partial charge in [-0.1, -0.05) is 45.3 Å². The van der Waals surface area contributed by atoms with Crippen molar-refractivity contribution in [2.24, 2.45) is 0 Å². The first-order chi connectivity index (χ1) is 9.43. The molecule has 106 valence electrons. The van der Waals surface area contributed by atoms with E-state index < -0.39 is 5.54 Å². The van der Waals surface area contributed by atoms with Gasteiger partial charge in [-0.3, -0.25) is 0 Å². The molecule has 2 nitrogen and oxygen atoms in total. The Morgan fingerprint density at radius 2 is 1.60 bits per heavy atom. The summed E-state index contributed by atoms with van der Waals surface area (Å²) < 4.78 is 1.04. The second-order valence-corrected chi connectivity index (χ2v) is 6.41. The summed E-state index contributed by atoms with van der Waals surface area (Å²) in [5, 5.41) is 13.3. The number of aryl methyl sites for hydroxylation is 2. The molecule has 1 atom stereocenters. The summed E-state index contributed by atoms with van der Waals surface area (Å²) in [6.45, 7) is 6.21. The highest BCUT2D eigenvalue weighted by Gasteiger charge is 2.26. The van der Waals surface area contributed by atoms with Gasteiger partial charge in [-0.05, 0) is 50.6 Å². The predicted molar refractivity (Wildman–Crippen MR) is 88.1 cm³/mol. The van der Waals surface area contributed by atoms with Crippen LogP contribution in [0, 0.1) is 13.8 Å². The van der Waals surface area contributed by atoms with Crippen molar-refractivity contribution in [3.05, 3.63) is 63.6 Å². The number of nitrogens with one attached hydrogen (secondary N) is 1. The van der Waals surface area contributed by atoms with Crippen molar-refractivity contribution in [2.75, 3.05) is 11.9 Å². The van der Waals surface area contributed by atoms with Crippen molar-refractivity contribution in [3.8, 4) is 0 Å². The summed E-state index contributed by atoms with van der Waals surface area (Å²) in [5.74, 6) is 0. The summed E-state index contributed by atoms with van der Waals surface area (Å²) in [6.07, 6.45) is 0.